The number of nitrogens with zero attached hydrogens (tertiary/aromatic N) is 2. The van der Waals surface area contributed by atoms with Crippen LogP contribution in [0.25, 0.3) is 0 Å². The molecule has 2 heterocycles. The second kappa shape index (κ2) is 3.26. The van der Waals surface area contributed by atoms with Crippen LogP contribution in [-0.2, 0) is 0 Å². The number of aromatic nitrogens is 2. The van der Waals surface area contributed by atoms with Gasteiger partial charge in [-0.05, 0) is 13.0 Å². The highest BCUT2D eigenvalue weighted by molar-refractivity contribution is 5.89. The Bertz CT molecular complexity index is 315. The molecular formula is C8H11N3O2. The summed E-state index contributed by atoms with van der Waals surface area (Å²) in [5.41, 5.74) is 0. The van der Waals surface area contributed by atoms with E-state index in [9.17, 15) is 4.79 Å². The van der Waals surface area contributed by atoms with Crippen LogP contribution in [0.5, 0.6) is 0 Å². The standard InChI is InChI=1S/C8H11N3O2/c1-5(12)7-10-8(13-11-7)6-2-3-9-4-6/h6,9H,2-4H2,1H3. The third kappa shape index (κ3) is 1.60. The van der Waals surface area contributed by atoms with E-state index in [0.717, 1.165) is 19.5 Å². The predicted octanol–water partition coefficient (Wildman–Crippen LogP) is 0.349. The Morgan fingerprint density at radius 3 is 3.08 bits per heavy atom. The van der Waals surface area contributed by atoms with Crippen molar-refractivity contribution in [2.24, 2.45) is 0 Å². The monoisotopic (exact) mass is 181 g/mol. The molecule has 5 nitrogen and oxygen atoms in total. The normalized spacial score (nSPS) is 22.1. The van der Waals surface area contributed by atoms with Gasteiger partial charge >= 0.3 is 0 Å². The molecular weight excluding hydrogens is 170 g/mol. The van der Waals surface area contributed by atoms with E-state index in [0.29, 0.717) is 5.89 Å². The minimum Gasteiger partial charge on any atom is -0.339 e. The molecule has 1 unspecified atom stereocenters. The molecule has 1 aliphatic rings. The molecule has 1 fully saturated rings. The summed E-state index contributed by atoms with van der Waals surface area (Å²) in [6, 6.07) is 0. The smallest absolute Gasteiger partial charge is 0.238 e. The minimum absolute atomic E-state index is 0.152. The Kier molecular flexibility index (Phi) is 2.10. The van der Waals surface area contributed by atoms with Gasteiger partial charge in [0, 0.05) is 13.5 Å². The quantitative estimate of drug-likeness (QED) is 0.667. The van der Waals surface area contributed by atoms with Crippen molar-refractivity contribution in [3.05, 3.63) is 11.7 Å². The third-order valence-electron chi connectivity index (χ3n) is 2.17. The molecule has 70 valence electrons. The number of nitrogens with one attached hydrogen (secondary N) is 1. The lowest BCUT2D eigenvalue weighted by molar-refractivity contribution is 0.100. The van der Waals surface area contributed by atoms with E-state index < -0.39 is 0 Å². The van der Waals surface area contributed by atoms with Gasteiger partial charge < -0.3 is 9.84 Å². The molecule has 1 aromatic rings. The molecule has 0 bridgehead atoms. The number of rotatable bonds is 2. The Morgan fingerprint density at radius 1 is 1.69 bits per heavy atom. The Hall–Kier alpha value is -1.23. The zero-order valence-electron chi connectivity index (χ0n) is 7.41. The number of Topliss-reactive ketones (excluding diaryl/α,β-unsaturated/α-hetero) is 1. The maximum absolute atomic E-state index is 10.9. The van der Waals surface area contributed by atoms with Crippen molar-refractivity contribution >= 4 is 5.78 Å². The second-order valence-electron chi connectivity index (χ2n) is 3.20. The van der Waals surface area contributed by atoms with E-state index >= 15 is 0 Å². The maximum Gasteiger partial charge on any atom is 0.238 e. The summed E-state index contributed by atoms with van der Waals surface area (Å²) >= 11 is 0. The number of carbonyl (C=O) groups excluding carboxylic acids is 1. The first kappa shape index (κ1) is 8.37. The zero-order valence-corrected chi connectivity index (χ0v) is 7.41. The molecule has 5 heteroatoms. The Morgan fingerprint density at radius 2 is 2.54 bits per heavy atom. The first-order valence-electron chi connectivity index (χ1n) is 4.32. The van der Waals surface area contributed by atoms with Crippen LogP contribution in [0.1, 0.15) is 35.8 Å². The fraction of sp³-hybridized carbons (Fsp3) is 0.625. The van der Waals surface area contributed by atoms with Gasteiger partial charge in [-0.2, -0.15) is 4.98 Å². The van der Waals surface area contributed by atoms with E-state index in [-0.39, 0.29) is 17.5 Å². The number of carbonyl (C=O) groups is 1. The maximum atomic E-state index is 10.9. The highest BCUT2D eigenvalue weighted by Crippen LogP contribution is 2.19. The van der Waals surface area contributed by atoms with Crippen molar-refractivity contribution in [3.63, 3.8) is 0 Å². The van der Waals surface area contributed by atoms with Crippen molar-refractivity contribution < 1.29 is 9.32 Å². The van der Waals surface area contributed by atoms with Crippen LogP contribution in [0.4, 0.5) is 0 Å². The summed E-state index contributed by atoms with van der Waals surface area (Å²) in [5.74, 6) is 0.888. The summed E-state index contributed by atoms with van der Waals surface area (Å²) < 4.78 is 4.99. The van der Waals surface area contributed by atoms with Gasteiger partial charge in [0.25, 0.3) is 0 Å². The van der Waals surface area contributed by atoms with Gasteiger partial charge in [-0.25, -0.2) is 0 Å². The highest BCUT2D eigenvalue weighted by atomic mass is 16.5. The number of hydrogen-bond donors (Lipinski definition) is 1. The molecule has 0 spiro atoms. The van der Waals surface area contributed by atoms with E-state index in [4.69, 9.17) is 4.52 Å². The largest absolute Gasteiger partial charge is 0.339 e. The molecule has 1 saturated heterocycles. The molecule has 1 N–H and O–H groups in total. The van der Waals surface area contributed by atoms with Gasteiger partial charge in [-0.1, -0.05) is 5.16 Å². The van der Waals surface area contributed by atoms with Gasteiger partial charge in [0.1, 0.15) is 0 Å². The average Bonchev–Trinajstić information content (AvgIpc) is 2.75. The van der Waals surface area contributed by atoms with Crippen LogP contribution >= 0.6 is 0 Å². The van der Waals surface area contributed by atoms with Gasteiger partial charge in [-0.15, -0.1) is 0 Å². The zero-order chi connectivity index (χ0) is 9.26. The Labute approximate surface area is 75.5 Å². The van der Waals surface area contributed by atoms with Crippen molar-refractivity contribution in [1.82, 2.24) is 15.5 Å². The van der Waals surface area contributed by atoms with Crippen molar-refractivity contribution in [1.29, 1.82) is 0 Å². The van der Waals surface area contributed by atoms with Crippen molar-refractivity contribution in [3.8, 4) is 0 Å². The van der Waals surface area contributed by atoms with Crippen molar-refractivity contribution in [2.75, 3.05) is 13.1 Å². The average molecular weight is 181 g/mol. The molecule has 0 amide bonds. The fourth-order valence-electron chi connectivity index (χ4n) is 1.41. The van der Waals surface area contributed by atoms with Gasteiger partial charge in [0.15, 0.2) is 0 Å². The molecule has 0 radical (unpaired) electrons. The number of ketones is 1. The minimum atomic E-state index is -0.152. The Balaban J connectivity index is 2.16. The topological polar surface area (TPSA) is 68.0 Å². The van der Waals surface area contributed by atoms with Crippen LogP contribution in [0.15, 0.2) is 4.52 Å². The molecule has 1 aromatic heterocycles. The molecule has 2 rings (SSSR count). The lowest BCUT2D eigenvalue weighted by atomic mass is 10.1. The lowest BCUT2D eigenvalue weighted by Gasteiger charge is -1.97. The highest BCUT2D eigenvalue weighted by Gasteiger charge is 2.23. The van der Waals surface area contributed by atoms with Gasteiger partial charge in [-0.3, -0.25) is 4.79 Å². The van der Waals surface area contributed by atoms with E-state index in [2.05, 4.69) is 15.5 Å². The molecule has 1 atom stereocenters. The van der Waals surface area contributed by atoms with E-state index in [1.165, 1.54) is 6.92 Å². The summed E-state index contributed by atoms with van der Waals surface area (Å²) in [6.07, 6.45) is 1.000. The predicted molar refractivity (Wildman–Crippen MR) is 44.5 cm³/mol. The summed E-state index contributed by atoms with van der Waals surface area (Å²) in [5, 5.41) is 6.79. The summed E-state index contributed by atoms with van der Waals surface area (Å²) in [6.45, 7) is 3.27. The van der Waals surface area contributed by atoms with Crippen LogP contribution in [0, 0.1) is 0 Å². The molecule has 13 heavy (non-hydrogen) atoms. The second-order valence-corrected chi connectivity index (χ2v) is 3.20. The van der Waals surface area contributed by atoms with Gasteiger partial charge in [0.2, 0.25) is 17.5 Å². The SMILES string of the molecule is CC(=O)c1noc(C2CCNC2)n1. The lowest BCUT2D eigenvalue weighted by Crippen LogP contribution is -2.08. The molecule has 0 saturated carbocycles. The molecule has 0 aliphatic carbocycles. The van der Waals surface area contributed by atoms with Crippen LogP contribution < -0.4 is 5.32 Å². The van der Waals surface area contributed by atoms with Crippen LogP contribution in [-0.4, -0.2) is 29.0 Å². The summed E-state index contributed by atoms with van der Waals surface area (Å²) in [4.78, 5) is 14.9. The van der Waals surface area contributed by atoms with Crippen LogP contribution in [0.2, 0.25) is 0 Å². The van der Waals surface area contributed by atoms with Gasteiger partial charge in [0.05, 0.1) is 5.92 Å². The first-order chi connectivity index (χ1) is 6.27. The molecule has 1 aliphatic heterocycles. The van der Waals surface area contributed by atoms with E-state index in [1.54, 1.807) is 0 Å². The fourth-order valence-corrected chi connectivity index (χ4v) is 1.41. The molecule has 0 aromatic carbocycles. The first-order valence-corrected chi connectivity index (χ1v) is 4.32. The van der Waals surface area contributed by atoms with E-state index in [1.807, 2.05) is 0 Å². The van der Waals surface area contributed by atoms with Crippen LogP contribution in [0.3, 0.4) is 0 Å². The number of hydrogen-bond acceptors (Lipinski definition) is 5. The third-order valence-corrected chi connectivity index (χ3v) is 2.17. The summed E-state index contributed by atoms with van der Waals surface area (Å²) in [7, 11) is 0. The van der Waals surface area contributed by atoms with Crippen molar-refractivity contribution in [2.45, 2.75) is 19.3 Å².